The summed E-state index contributed by atoms with van der Waals surface area (Å²) in [5.41, 5.74) is 1.55. The van der Waals surface area contributed by atoms with Crippen LogP contribution < -0.4 is 5.32 Å². The molecule has 3 aromatic carbocycles. The van der Waals surface area contributed by atoms with E-state index in [4.69, 9.17) is 34.8 Å². The molecular weight excluding hydrogens is 541 g/mol. The van der Waals surface area contributed by atoms with E-state index >= 15 is 0 Å². The standard InChI is InChI=1S/C30H26Cl3N3O2/c1-35-15-20(13-18-3-7-21(31)8-4-18)27(37)29(17-35)25(19-5-9-22(32)10-6-19)16-36(2)30(29)24-14-23(33)11-12-26(24)34-28(30)38/h3-14,25H,15-17H2,1-2H3,(H,34,38)/b20-13+/t25-,29+,30+/m1/s1. The summed E-state index contributed by atoms with van der Waals surface area (Å²) < 4.78 is 0. The number of nitrogens with one attached hydrogen (secondary N) is 1. The lowest BCUT2D eigenvalue weighted by Gasteiger charge is -2.50. The van der Waals surface area contributed by atoms with Crippen molar-refractivity contribution in [1.82, 2.24) is 9.80 Å². The number of rotatable bonds is 2. The van der Waals surface area contributed by atoms with E-state index in [-0.39, 0.29) is 17.6 Å². The molecule has 194 valence electrons. The van der Waals surface area contributed by atoms with E-state index in [0.29, 0.717) is 46.0 Å². The lowest BCUT2D eigenvalue weighted by Crippen LogP contribution is -2.65. The molecule has 3 aliphatic heterocycles. The summed E-state index contributed by atoms with van der Waals surface area (Å²) in [6.07, 6.45) is 1.92. The van der Waals surface area contributed by atoms with Gasteiger partial charge in [-0.05, 0) is 73.8 Å². The molecule has 3 aromatic rings. The second-order valence-corrected chi connectivity index (χ2v) is 11.8. The van der Waals surface area contributed by atoms with Gasteiger partial charge in [-0.2, -0.15) is 0 Å². The molecule has 5 nitrogen and oxygen atoms in total. The van der Waals surface area contributed by atoms with Crippen molar-refractivity contribution in [2.75, 3.05) is 39.0 Å². The molecule has 8 heteroatoms. The van der Waals surface area contributed by atoms with Gasteiger partial charge < -0.3 is 10.2 Å². The van der Waals surface area contributed by atoms with Gasteiger partial charge in [-0.3, -0.25) is 14.5 Å². The van der Waals surface area contributed by atoms with Gasteiger partial charge >= 0.3 is 0 Å². The van der Waals surface area contributed by atoms with Gasteiger partial charge in [0.2, 0.25) is 0 Å². The van der Waals surface area contributed by atoms with E-state index in [1.807, 2.05) is 85.7 Å². The van der Waals surface area contributed by atoms with Crippen LogP contribution in [0.1, 0.15) is 22.6 Å². The minimum atomic E-state index is -1.25. The molecule has 2 saturated heterocycles. The molecule has 2 spiro atoms. The number of halogens is 3. The molecule has 3 atom stereocenters. The van der Waals surface area contributed by atoms with Gasteiger partial charge in [-0.15, -0.1) is 0 Å². The summed E-state index contributed by atoms with van der Waals surface area (Å²) in [5.74, 6) is -0.509. The Bertz CT molecular complexity index is 1490. The Hall–Kier alpha value is -2.67. The number of piperidine rings is 1. The van der Waals surface area contributed by atoms with E-state index in [1.54, 1.807) is 6.07 Å². The van der Waals surface area contributed by atoms with Gasteiger partial charge in [0.25, 0.3) is 5.91 Å². The Balaban J connectivity index is 1.63. The minimum Gasteiger partial charge on any atom is -0.324 e. The molecule has 0 radical (unpaired) electrons. The Morgan fingerprint density at radius 2 is 1.53 bits per heavy atom. The molecule has 3 heterocycles. The summed E-state index contributed by atoms with van der Waals surface area (Å²) in [7, 11) is 3.93. The quantitative estimate of drug-likeness (QED) is 0.381. The number of hydrogen-bond acceptors (Lipinski definition) is 4. The number of hydrogen-bond donors (Lipinski definition) is 1. The van der Waals surface area contributed by atoms with E-state index in [2.05, 4.69) is 10.2 Å². The molecule has 0 saturated carbocycles. The SMILES string of the molecule is CN1C/C(=C\c2ccc(Cl)cc2)C(=O)[C@]2(C1)[C@@H](c1ccc(Cl)cc1)CN(C)[C@@]21C(=O)Nc2ccc(Cl)cc21. The zero-order valence-electron chi connectivity index (χ0n) is 21.0. The van der Waals surface area contributed by atoms with E-state index in [1.165, 1.54) is 0 Å². The van der Waals surface area contributed by atoms with Gasteiger partial charge in [-0.25, -0.2) is 0 Å². The molecule has 2 fully saturated rings. The number of likely N-dealkylation sites (tertiary alicyclic amines) is 2. The van der Waals surface area contributed by atoms with Gasteiger partial charge in [0, 0.05) is 57.4 Å². The van der Waals surface area contributed by atoms with Crippen LogP contribution in [0.2, 0.25) is 15.1 Å². The van der Waals surface area contributed by atoms with Crippen LogP contribution in [-0.2, 0) is 15.1 Å². The molecule has 0 bridgehead atoms. The highest BCUT2D eigenvalue weighted by Crippen LogP contribution is 2.64. The van der Waals surface area contributed by atoms with Crippen molar-refractivity contribution in [2.45, 2.75) is 11.5 Å². The predicted molar refractivity (Wildman–Crippen MR) is 153 cm³/mol. The molecule has 3 aliphatic rings. The number of amides is 1. The van der Waals surface area contributed by atoms with Gasteiger partial charge in [0.15, 0.2) is 5.78 Å². The van der Waals surface area contributed by atoms with Gasteiger partial charge in [-0.1, -0.05) is 59.1 Å². The summed E-state index contributed by atoms with van der Waals surface area (Å²) in [6.45, 7) is 1.38. The zero-order chi connectivity index (χ0) is 26.8. The maximum Gasteiger partial charge on any atom is 0.250 e. The molecule has 0 aliphatic carbocycles. The molecule has 38 heavy (non-hydrogen) atoms. The average Bonchev–Trinajstić information content (AvgIpc) is 3.32. The number of nitrogens with zero attached hydrogens (tertiary/aromatic N) is 2. The monoisotopic (exact) mass is 565 g/mol. The Morgan fingerprint density at radius 1 is 0.895 bits per heavy atom. The third-order valence-electron chi connectivity index (χ3n) is 8.36. The first kappa shape index (κ1) is 25.6. The number of fused-ring (bicyclic) bond motifs is 3. The molecule has 0 unspecified atom stereocenters. The third-order valence-corrected chi connectivity index (χ3v) is 9.10. The maximum absolute atomic E-state index is 15.0. The minimum absolute atomic E-state index is 0.0298. The van der Waals surface area contributed by atoms with Crippen LogP contribution in [0.5, 0.6) is 0 Å². The number of benzene rings is 3. The molecule has 1 amide bonds. The first-order chi connectivity index (χ1) is 18.2. The van der Waals surface area contributed by atoms with Crippen LogP contribution in [0.25, 0.3) is 6.08 Å². The number of ketones is 1. The van der Waals surface area contributed by atoms with Gasteiger partial charge in [0.05, 0.1) is 5.41 Å². The lowest BCUT2D eigenvalue weighted by atomic mass is 9.56. The number of likely N-dealkylation sites (N-methyl/N-ethyl adjacent to an activating group) is 2. The van der Waals surface area contributed by atoms with Crippen LogP contribution >= 0.6 is 34.8 Å². The van der Waals surface area contributed by atoms with Crippen molar-refractivity contribution in [3.05, 3.63) is 104 Å². The number of carbonyl (C=O) groups excluding carboxylic acids is 2. The highest BCUT2D eigenvalue weighted by atomic mass is 35.5. The fourth-order valence-corrected chi connectivity index (χ4v) is 7.37. The van der Waals surface area contributed by atoms with Crippen molar-refractivity contribution >= 4 is 58.3 Å². The lowest BCUT2D eigenvalue weighted by molar-refractivity contribution is -0.146. The summed E-state index contributed by atoms with van der Waals surface area (Å²) >= 11 is 18.9. The first-order valence-corrected chi connectivity index (χ1v) is 13.6. The van der Waals surface area contributed by atoms with Crippen LogP contribution in [0.4, 0.5) is 5.69 Å². The Kier molecular flexibility index (Phi) is 6.21. The van der Waals surface area contributed by atoms with E-state index in [0.717, 1.165) is 16.7 Å². The Morgan fingerprint density at radius 3 is 2.21 bits per heavy atom. The zero-order valence-corrected chi connectivity index (χ0v) is 23.2. The summed E-state index contributed by atoms with van der Waals surface area (Å²) in [6, 6.07) is 20.5. The fourth-order valence-electron chi connectivity index (χ4n) is 6.95. The van der Waals surface area contributed by atoms with Gasteiger partial charge in [0.1, 0.15) is 5.54 Å². The second kappa shape index (κ2) is 9.22. The van der Waals surface area contributed by atoms with Crippen molar-refractivity contribution in [1.29, 1.82) is 0 Å². The fraction of sp³-hybridized carbons (Fsp3) is 0.267. The number of Topliss-reactive ketones (excluding diaryl/α,β-unsaturated/α-hetero) is 1. The summed E-state index contributed by atoms with van der Waals surface area (Å²) in [4.78, 5) is 33.4. The highest BCUT2D eigenvalue weighted by molar-refractivity contribution is 6.31. The molecule has 1 N–H and O–H groups in total. The van der Waals surface area contributed by atoms with Crippen molar-refractivity contribution in [3.8, 4) is 0 Å². The number of anilines is 1. The molecule has 0 aromatic heterocycles. The smallest absolute Gasteiger partial charge is 0.250 e. The molecular formula is C30H26Cl3N3O2. The first-order valence-electron chi connectivity index (χ1n) is 12.4. The maximum atomic E-state index is 15.0. The van der Waals surface area contributed by atoms with Crippen molar-refractivity contribution in [3.63, 3.8) is 0 Å². The van der Waals surface area contributed by atoms with Crippen LogP contribution in [0.15, 0.2) is 72.3 Å². The Labute approximate surface area is 237 Å². The van der Waals surface area contributed by atoms with Crippen LogP contribution in [0, 0.1) is 5.41 Å². The number of carbonyl (C=O) groups is 2. The van der Waals surface area contributed by atoms with Crippen LogP contribution in [0.3, 0.4) is 0 Å². The third kappa shape index (κ3) is 3.60. The topological polar surface area (TPSA) is 52.7 Å². The van der Waals surface area contributed by atoms with Crippen molar-refractivity contribution < 1.29 is 9.59 Å². The predicted octanol–water partition coefficient (Wildman–Crippen LogP) is 6.11. The largest absolute Gasteiger partial charge is 0.324 e. The van der Waals surface area contributed by atoms with Crippen LogP contribution in [-0.4, -0.2) is 55.2 Å². The van der Waals surface area contributed by atoms with Crippen molar-refractivity contribution in [2.24, 2.45) is 5.41 Å². The average molecular weight is 567 g/mol. The summed E-state index contributed by atoms with van der Waals surface area (Å²) in [5, 5.41) is 4.85. The van der Waals surface area contributed by atoms with E-state index in [9.17, 15) is 9.59 Å². The highest BCUT2D eigenvalue weighted by Gasteiger charge is 2.74. The second-order valence-electron chi connectivity index (χ2n) is 10.5. The van der Waals surface area contributed by atoms with E-state index < -0.39 is 11.0 Å². The normalized spacial score (nSPS) is 28.4. The molecule has 6 rings (SSSR count).